The van der Waals surface area contributed by atoms with Crippen LogP contribution in [-0.4, -0.2) is 21.9 Å². The minimum Gasteiger partial charge on any atom is -0.349 e. The maximum Gasteiger partial charge on any atom is 0.255 e. The van der Waals surface area contributed by atoms with Crippen molar-refractivity contribution >= 4 is 5.91 Å². The van der Waals surface area contributed by atoms with Crippen LogP contribution in [0.25, 0.3) is 11.3 Å². The molecular formula is C28H34N4O. The highest BCUT2D eigenvalue weighted by Gasteiger charge is 2.56. The Labute approximate surface area is 197 Å². The number of hydrogen-bond acceptors (Lipinski definition) is 4. The fourth-order valence-electron chi connectivity index (χ4n) is 6.63. The number of benzene rings is 1. The zero-order chi connectivity index (χ0) is 23.2. The molecule has 4 atom stereocenters. The highest BCUT2D eigenvalue weighted by atomic mass is 16.1. The summed E-state index contributed by atoms with van der Waals surface area (Å²) < 4.78 is 0. The van der Waals surface area contributed by atoms with E-state index in [2.05, 4.69) is 37.1 Å². The molecule has 6 rings (SSSR count). The Kier molecular flexibility index (Phi) is 5.72. The highest BCUT2D eigenvalue weighted by Crippen LogP contribution is 2.61. The van der Waals surface area contributed by atoms with Crippen LogP contribution in [0.4, 0.5) is 0 Å². The summed E-state index contributed by atoms with van der Waals surface area (Å²) in [5.74, 6) is 2.95. The van der Waals surface area contributed by atoms with Crippen molar-refractivity contribution in [2.75, 3.05) is 0 Å². The van der Waals surface area contributed by atoms with Crippen molar-refractivity contribution < 1.29 is 4.79 Å². The molecule has 172 valence electrons. The molecule has 33 heavy (non-hydrogen) atoms. The SMILES string of the molecule is CC1C(NC(=O)c2cnc(C3CCCCC3)nc2-c2ccc(C#N)cc2)CC2CC1C2(C)C. The Balaban J connectivity index is 1.44. The zero-order valence-electron chi connectivity index (χ0n) is 20.0. The van der Waals surface area contributed by atoms with Gasteiger partial charge in [-0.1, -0.05) is 52.2 Å². The Bertz CT molecular complexity index is 1080. The number of rotatable bonds is 4. The average Bonchev–Trinajstić information content (AvgIpc) is 2.85. The fourth-order valence-corrected chi connectivity index (χ4v) is 6.63. The fraction of sp³-hybridized carbons (Fsp3) is 0.571. The topological polar surface area (TPSA) is 78.7 Å². The van der Waals surface area contributed by atoms with Crippen LogP contribution >= 0.6 is 0 Å². The third kappa shape index (κ3) is 3.94. The molecule has 1 aromatic carbocycles. The summed E-state index contributed by atoms with van der Waals surface area (Å²) in [6.45, 7) is 7.04. The lowest BCUT2D eigenvalue weighted by Gasteiger charge is -2.62. The Morgan fingerprint density at radius 1 is 1.12 bits per heavy atom. The minimum atomic E-state index is -0.0829. The lowest BCUT2D eigenvalue weighted by Crippen LogP contribution is -2.60. The molecule has 1 N–H and O–H groups in total. The van der Waals surface area contributed by atoms with E-state index < -0.39 is 0 Å². The summed E-state index contributed by atoms with van der Waals surface area (Å²) in [4.78, 5) is 23.1. The molecule has 4 unspecified atom stereocenters. The first-order valence-electron chi connectivity index (χ1n) is 12.6. The lowest BCUT2D eigenvalue weighted by atomic mass is 9.45. The average molecular weight is 443 g/mol. The second-order valence-electron chi connectivity index (χ2n) is 11.0. The maximum atomic E-state index is 13.5. The Morgan fingerprint density at radius 2 is 1.85 bits per heavy atom. The zero-order valence-corrected chi connectivity index (χ0v) is 20.0. The van der Waals surface area contributed by atoms with Gasteiger partial charge in [0, 0.05) is 23.7 Å². The van der Waals surface area contributed by atoms with Crippen LogP contribution in [0, 0.1) is 34.5 Å². The van der Waals surface area contributed by atoms with Crippen LogP contribution in [0.1, 0.15) is 93.4 Å². The van der Waals surface area contributed by atoms with E-state index in [4.69, 9.17) is 4.98 Å². The Hall–Kier alpha value is -2.74. The van der Waals surface area contributed by atoms with Gasteiger partial charge in [0.1, 0.15) is 5.82 Å². The summed E-state index contributed by atoms with van der Waals surface area (Å²) in [6, 6.07) is 9.73. The molecule has 4 aliphatic rings. The third-order valence-corrected chi connectivity index (χ3v) is 8.98. The molecule has 4 fully saturated rings. The molecule has 0 radical (unpaired) electrons. The maximum absolute atomic E-state index is 13.5. The van der Waals surface area contributed by atoms with E-state index >= 15 is 0 Å². The summed E-state index contributed by atoms with van der Waals surface area (Å²) in [5.41, 5.74) is 3.06. The molecule has 2 bridgehead atoms. The smallest absolute Gasteiger partial charge is 0.255 e. The molecule has 2 aromatic rings. The first-order chi connectivity index (χ1) is 15.9. The van der Waals surface area contributed by atoms with E-state index in [1.165, 1.54) is 25.7 Å². The summed E-state index contributed by atoms with van der Waals surface area (Å²) in [5, 5.41) is 12.5. The van der Waals surface area contributed by atoms with E-state index in [-0.39, 0.29) is 11.9 Å². The van der Waals surface area contributed by atoms with Gasteiger partial charge in [-0.05, 0) is 61.0 Å². The van der Waals surface area contributed by atoms with Gasteiger partial charge in [-0.15, -0.1) is 0 Å². The van der Waals surface area contributed by atoms with Crippen molar-refractivity contribution in [1.29, 1.82) is 5.26 Å². The van der Waals surface area contributed by atoms with Gasteiger partial charge in [-0.2, -0.15) is 5.26 Å². The molecule has 4 saturated carbocycles. The largest absolute Gasteiger partial charge is 0.349 e. The summed E-state index contributed by atoms with van der Waals surface area (Å²) in [6.07, 6.45) is 9.98. The van der Waals surface area contributed by atoms with Crippen molar-refractivity contribution in [3.05, 3.63) is 47.4 Å². The Morgan fingerprint density at radius 3 is 2.48 bits per heavy atom. The van der Waals surface area contributed by atoms with E-state index in [0.29, 0.717) is 45.9 Å². The lowest BCUT2D eigenvalue weighted by molar-refractivity contribution is -0.113. The van der Waals surface area contributed by atoms with Gasteiger partial charge in [-0.3, -0.25) is 4.79 Å². The first kappa shape index (κ1) is 22.1. The molecule has 0 aliphatic heterocycles. The molecule has 0 saturated heterocycles. The van der Waals surface area contributed by atoms with Gasteiger partial charge in [0.2, 0.25) is 0 Å². The number of amides is 1. The monoisotopic (exact) mass is 442 g/mol. The number of carbonyl (C=O) groups is 1. The van der Waals surface area contributed by atoms with Gasteiger partial charge < -0.3 is 5.32 Å². The molecule has 5 nitrogen and oxygen atoms in total. The molecule has 1 aromatic heterocycles. The number of nitriles is 1. The van der Waals surface area contributed by atoms with Gasteiger partial charge in [0.05, 0.1) is 22.9 Å². The predicted octanol–water partition coefficient (Wildman–Crippen LogP) is 5.86. The minimum absolute atomic E-state index is 0.0829. The number of carbonyl (C=O) groups excluding carboxylic acids is 1. The van der Waals surface area contributed by atoms with Gasteiger partial charge in [0.15, 0.2) is 0 Å². The van der Waals surface area contributed by atoms with E-state index in [1.54, 1.807) is 18.3 Å². The van der Waals surface area contributed by atoms with Crippen LogP contribution < -0.4 is 5.32 Å². The molecule has 1 heterocycles. The van der Waals surface area contributed by atoms with Gasteiger partial charge >= 0.3 is 0 Å². The molecule has 4 aliphatic carbocycles. The summed E-state index contributed by atoms with van der Waals surface area (Å²) >= 11 is 0. The number of aromatic nitrogens is 2. The molecule has 0 spiro atoms. The van der Waals surface area contributed by atoms with Gasteiger partial charge in [-0.25, -0.2) is 9.97 Å². The van der Waals surface area contributed by atoms with E-state index in [0.717, 1.165) is 30.7 Å². The second kappa shape index (κ2) is 8.56. The summed E-state index contributed by atoms with van der Waals surface area (Å²) in [7, 11) is 0. The number of fused-ring (bicyclic) bond motifs is 2. The van der Waals surface area contributed by atoms with Crippen molar-refractivity contribution in [3.8, 4) is 17.3 Å². The standard InChI is InChI=1S/C28H34N4O/c1-17-23-13-21(28(23,2)3)14-24(17)31-27(33)22-16-30-26(20-7-5-4-6-8-20)32-25(22)19-11-9-18(15-29)10-12-19/h9-12,16-17,20-21,23-24H,4-8,13-14H2,1-3H3,(H,31,33). The third-order valence-electron chi connectivity index (χ3n) is 8.98. The normalized spacial score (nSPS) is 28.4. The first-order valence-corrected chi connectivity index (χ1v) is 12.6. The predicted molar refractivity (Wildman–Crippen MR) is 128 cm³/mol. The molecule has 5 heteroatoms. The number of nitrogens with zero attached hydrogens (tertiary/aromatic N) is 3. The molecular weight excluding hydrogens is 408 g/mol. The second-order valence-corrected chi connectivity index (χ2v) is 11.0. The van der Waals surface area contributed by atoms with Crippen molar-refractivity contribution in [3.63, 3.8) is 0 Å². The van der Waals surface area contributed by atoms with Crippen molar-refractivity contribution in [2.45, 2.75) is 77.7 Å². The quantitative estimate of drug-likeness (QED) is 0.643. The number of hydrogen-bond donors (Lipinski definition) is 1. The van der Waals surface area contributed by atoms with E-state index in [1.807, 2.05) is 12.1 Å². The van der Waals surface area contributed by atoms with Crippen LogP contribution in [0.2, 0.25) is 0 Å². The van der Waals surface area contributed by atoms with Crippen molar-refractivity contribution in [1.82, 2.24) is 15.3 Å². The molecule has 1 amide bonds. The highest BCUT2D eigenvalue weighted by molar-refractivity contribution is 5.99. The van der Waals surface area contributed by atoms with Crippen LogP contribution in [0.3, 0.4) is 0 Å². The van der Waals surface area contributed by atoms with Crippen molar-refractivity contribution in [2.24, 2.45) is 23.2 Å². The number of nitrogens with one attached hydrogen (secondary N) is 1. The van der Waals surface area contributed by atoms with Crippen LogP contribution in [0.5, 0.6) is 0 Å². The van der Waals surface area contributed by atoms with Crippen LogP contribution in [0.15, 0.2) is 30.5 Å². The van der Waals surface area contributed by atoms with E-state index in [9.17, 15) is 10.1 Å². The van der Waals surface area contributed by atoms with Gasteiger partial charge in [0.25, 0.3) is 5.91 Å². The van der Waals surface area contributed by atoms with Crippen LogP contribution in [-0.2, 0) is 0 Å².